The SMILES string of the molecule is Cc1nc(C(F)(F)F)ncc1CN1CC[C@H](CN)C1. The number of nitrogens with zero attached hydrogens (tertiary/aromatic N) is 3. The lowest BCUT2D eigenvalue weighted by Gasteiger charge is -2.17. The van der Waals surface area contributed by atoms with Crippen molar-refractivity contribution in [2.75, 3.05) is 19.6 Å². The highest BCUT2D eigenvalue weighted by Gasteiger charge is 2.35. The number of likely N-dealkylation sites (tertiary alicyclic amines) is 1. The zero-order valence-corrected chi connectivity index (χ0v) is 10.7. The molecule has 4 nitrogen and oxygen atoms in total. The molecule has 2 rings (SSSR count). The van der Waals surface area contributed by atoms with E-state index in [2.05, 4.69) is 14.9 Å². The van der Waals surface area contributed by atoms with Crippen molar-refractivity contribution in [1.82, 2.24) is 14.9 Å². The fourth-order valence-electron chi connectivity index (χ4n) is 2.27. The first-order valence-electron chi connectivity index (χ1n) is 6.22. The summed E-state index contributed by atoms with van der Waals surface area (Å²) in [6, 6.07) is 0. The fourth-order valence-corrected chi connectivity index (χ4v) is 2.27. The molecule has 1 aliphatic heterocycles. The van der Waals surface area contributed by atoms with Crippen molar-refractivity contribution in [3.05, 3.63) is 23.3 Å². The number of nitrogens with two attached hydrogens (primary N) is 1. The molecule has 1 fully saturated rings. The standard InChI is InChI=1S/C12H17F3N4/c1-8-10(5-17-11(18-8)12(13,14)15)7-19-3-2-9(4-16)6-19/h5,9H,2-4,6-7,16H2,1H3/t9-/m1/s1. The second-order valence-electron chi connectivity index (χ2n) is 4.93. The summed E-state index contributed by atoms with van der Waals surface area (Å²) in [6.07, 6.45) is -2.17. The summed E-state index contributed by atoms with van der Waals surface area (Å²) >= 11 is 0. The van der Waals surface area contributed by atoms with E-state index in [1.54, 1.807) is 6.92 Å². The molecule has 1 saturated heterocycles. The van der Waals surface area contributed by atoms with Crippen LogP contribution in [0.1, 0.15) is 23.5 Å². The molecular formula is C12H17F3N4. The summed E-state index contributed by atoms with van der Waals surface area (Å²) in [6.45, 7) is 4.63. The minimum atomic E-state index is -4.48. The van der Waals surface area contributed by atoms with Gasteiger partial charge in [0.15, 0.2) is 0 Å². The summed E-state index contributed by atoms with van der Waals surface area (Å²) in [7, 11) is 0. The minimum Gasteiger partial charge on any atom is -0.330 e. The van der Waals surface area contributed by atoms with E-state index in [9.17, 15) is 13.2 Å². The Balaban J connectivity index is 2.06. The summed E-state index contributed by atoms with van der Waals surface area (Å²) in [5.74, 6) is -0.592. The summed E-state index contributed by atoms with van der Waals surface area (Å²) in [5.41, 5.74) is 6.74. The van der Waals surface area contributed by atoms with Crippen molar-refractivity contribution in [1.29, 1.82) is 0 Å². The molecule has 7 heteroatoms. The Labute approximate surface area is 109 Å². The highest BCUT2D eigenvalue weighted by atomic mass is 19.4. The number of hydrogen-bond acceptors (Lipinski definition) is 4. The van der Waals surface area contributed by atoms with E-state index in [4.69, 9.17) is 5.73 Å². The highest BCUT2D eigenvalue weighted by Crippen LogP contribution is 2.26. The third-order valence-corrected chi connectivity index (χ3v) is 3.43. The van der Waals surface area contributed by atoms with Crippen molar-refractivity contribution in [2.45, 2.75) is 26.1 Å². The number of aryl methyl sites for hydroxylation is 1. The van der Waals surface area contributed by atoms with Crippen LogP contribution in [-0.2, 0) is 12.7 Å². The van der Waals surface area contributed by atoms with Gasteiger partial charge in [-0.1, -0.05) is 0 Å². The number of halogens is 3. The number of alkyl halides is 3. The molecule has 0 bridgehead atoms. The molecule has 106 valence electrons. The molecule has 0 unspecified atom stereocenters. The molecule has 19 heavy (non-hydrogen) atoms. The topological polar surface area (TPSA) is 55.0 Å². The lowest BCUT2D eigenvalue weighted by atomic mass is 10.1. The second-order valence-corrected chi connectivity index (χ2v) is 4.93. The van der Waals surface area contributed by atoms with Crippen LogP contribution < -0.4 is 5.73 Å². The molecule has 1 aliphatic rings. The third-order valence-electron chi connectivity index (χ3n) is 3.43. The van der Waals surface area contributed by atoms with Crippen LogP contribution >= 0.6 is 0 Å². The van der Waals surface area contributed by atoms with Crippen LogP contribution in [0.3, 0.4) is 0 Å². The van der Waals surface area contributed by atoms with Crippen molar-refractivity contribution in [3.8, 4) is 0 Å². The fraction of sp³-hybridized carbons (Fsp3) is 0.667. The molecule has 1 aromatic heterocycles. The van der Waals surface area contributed by atoms with Crippen LogP contribution in [0.25, 0.3) is 0 Å². The molecule has 2 heterocycles. The normalized spacial score (nSPS) is 21.0. The molecule has 0 aromatic carbocycles. The van der Waals surface area contributed by atoms with Crippen LogP contribution in [0.5, 0.6) is 0 Å². The Morgan fingerprint density at radius 2 is 2.21 bits per heavy atom. The van der Waals surface area contributed by atoms with Gasteiger partial charge < -0.3 is 5.73 Å². The first kappa shape index (κ1) is 14.2. The van der Waals surface area contributed by atoms with E-state index in [1.165, 1.54) is 6.20 Å². The number of aromatic nitrogens is 2. The van der Waals surface area contributed by atoms with Crippen molar-refractivity contribution in [3.63, 3.8) is 0 Å². The lowest BCUT2D eigenvalue weighted by molar-refractivity contribution is -0.145. The van der Waals surface area contributed by atoms with Crippen molar-refractivity contribution in [2.24, 2.45) is 11.7 Å². The van der Waals surface area contributed by atoms with Gasteiger partial charge in [-0.15, -0.1) is 0 Å². The molecule has 2 N–H and O–H groups in total. The van der Waals surface area contributed by atoms with Gasteiger partial charge in [-0.05, 0) is 32.4 Å². The van der Waals surface area contributed by atoms with Crippen LogP contribution in [0.2, 0.25) is 0 Å². The van der Waals surface area contributed by atoms with Gasteiger partial charge in [0.05, 0.1) is 0 Å². The lowest BCUT2D eigenvalue weighted by Crippen LogP contribution is -2.24. The highest BCUT2D eigenvalue weighted by molar-refractivity contribution is 5.17. The zero-order valence-electron chi connectivity index (χ0n) is 10.7. The Morgan fingerprint density at radius 1 is 1.47 bits per heavy atom. The minimum absolute atomic E-state index is 0.388. The smallest absolute Gasteiger partial charge is 0.330 e. The van der Waals surface area contributed by atoms with Crippen LogP contribution in [0, 0.1) is 12.8 Å². The summed E-state index contributed by atoms with van der Waals surface area (Å²) in [4.78, 5) is 9.12. The molecule has 0 radical (unpaired) electrons. The summed E-state index contributed by atoms with van der Waals surface area (Å²) in [5, 5.41) is 0. The first-order chi connectivity index (χ1) is 8.90. The first-order valence-corrected chi connectivity index (χ1v) is 6.22. The maximum Gasteiger partial charge on any atom is 0.451 e. The van der Waals surface area contributed by atoms with E-state index in [1.807, 2.05) is 0 Å². The Bertz CT molecular complexity index is 447. The summed E-state index contributed by atoms with van der Waals surface area (Å²) < 4.78 is 37.4. The van der Waals surface area contributed by atoms with E-state index < -0.39 is 12.0 Å². The molecule has 0 saturated carbocycles. The maximum atomic E-state index is 12.5. The van der Waals surface area contributed by atoms with E-state index in [-0.39, 0.29) is 0 Å². The van der Waals surface area contributed by atoms with Crippen molar-refractivity contribution < 1.29 is 13.2 Å². The second kappa shape index (κ2) is 5.42. The predicted molar refractivity (Wildman–Crippen MR) is 64.2 cm³/mol. The van der Waals surface area contributed by atoms with Gasteiger partial charge in [0, 0.05) is 30.5 Å². The van der Waals surface area contributed by atoms with Gasteiger partial charge in [-0.2, -0.15) is 13.2 Å². The van der Waals surface area contributed by atoms with Gasteiger partial charge in [0.1, 0.15) is 0 Å². The van der Waals surface area contributed by atoms with Crippen LogP contribution in [-0.4, -0.2) is 34.5 Å². The molecule has 1 atom stereocenters. The molecule has 0 amide bonds. The van der Waals surface area contributed by atoms with Crippen LogP contribution in [0.15, 0.2) is 6.20 Å². The Kier molecular flexibility index (Phi) is 4.05. The van der Waals surface area contributed by atoms with E-state index >= 15 is 0 Å². The Hall–Kier alpha value is -1.21. The third kappa shape index (κ3) is 3.42. The van der Waals surface area contributed by atoms with Crippen LogP contribution in [0.4, 0.5) is 13.2 Å². The number of hydrogen-bond donors (Lipinski definition) is 1. The largest absolute Gasteiger partial charge is 0.451 e. The molecule has 0 aliphatic carbocycles. The van der Waals surface area contributed by atoms with E-state index in [0.29, 0.717) is 24.7 Å². The predicted octanol–water partition coefficient (Wildman–Crippen LogP) is 1.58. The van der Waals surface area contributed by atoms with Gasteiger partial charge in [-0.3, -0.25) is 4.90 Å². The van der Waals surface area contributed by atoms with Gasteiger partial charge in [-0.25, -0.2) is 9.97 Å². The average Bonchev–Trinajstić information content (AvgIpc) is 2.78. The van der Waals surface area contributed by atoms with Crippen molar-refractivity contribution >= 4 is 0 Å². The molecule has 1 aromatic rings. The molecule has 0 spiro atoms. The average molecular weight is 274 g/mol. The Morgan fingerprint density at radius 3 is 2.74 bits per heavy atom. The quantitative estimate of drug-likeness (QED) is 0.909. The zero-order chi connectivity index (χ0) is 14.0. The maximum absolute atomic E-state index is 12.5. The van der Waals surface area contributed by atoms with Gasteiger partial charge >= 0.3 is 6.18 Å². The van der Waals surface area contributed by atoms with E-state index in [0.717, 1.165) is 25.1 Å². The monoisotopic (exact) mass is 274 g/mol. The van der Waals surface area contributed by atoms with Gasteiger partial charge in [0.2, 0.25) is 5.82 Å². The number of rotatable bonds is 3. The molecular weight excluding hydrogens is 257 g/mol. The van der Waals surface area contributed by atoms with Gasteiger partial charge in [0.25, 0.3) is 0 Å².